The van der Waals surface area contributed by atoms with Crippen molar-refractivity contribution in [1.82, 2.24) is 9.72 Å². The molecule has 0 amide bonds. The Morgan fingerprint density at radius 1 is 0.889 bits per heavy atom. The van der Waals surface area contributed by atoms with Crippen LogP contribution >= 0.6 is 0 Å². The summed E-state index contributed by atoms with van der Waals surface area (Å²) in [5, 5.41) is 5.18. The van der Waals surface area contributed by atoms with Gasteiger partial charge in [0.05, 0.1) is 27.5 Å². The molecule has 27 heavy (non-hydrogen) atoms. The predicted octanol–water partition coefficient (Wildman–Crippen LogP) is 4.53. The molecule has 0 radical (unpaired) electrons. The van der Waals surface area contributed by atoms with Crippen molar-refractivity contribution in [2.45, 2.75) is 0 Å². The molecule has 0 N–H and O–H groups in total. The van der Waals surface area contributed by atoms with E-state index in [-0.39, 0.29) is 0 Å². The summed E-state index contributed by atoms with van der Waals surface area (Å²) in [6, 6.07) is 12.1. The van der Waals surface area contributed by atoms with Gasteiger partial charge in [0.15, 0.2) is 17.3 Å². The summed E-state index contributed by atoms with van der Waals surface area (Å²) in [5.74, 6) is 2.31. The standard InChI is InChI=1S/C21H20N2O4/c1-23-8-7-14-9-13(5-6-17(14)23)16-12-22-27-20(16)15-10-18(24-2)21(26-4)19(11-15)25-3/h5-12H,1-4H3. The summed E-state index contributed by atoms with van der Waals surface area (Å²) in [5.41, 5.74) is 3.89. The van der Waals surface area contributed by atoms with Gasteiger partial charge in [-0.25, -0.2) is 0 Å². The van der Waals surface area contributed by atoms with E-state index in [9.17, 15) is 0 Å². The van der Waals surface area contributed by atoms with Gasteiger partial charge < -0.3 is 23.3 Å². The van der Waals surface area contributed by atoms with E-state index < -0.39 is 0 Å². The smallest absolute Gasteiger partial charge is 0.203 e. The highest BCUT2D eigenvalue weighted by atomic mass is 16.5. The van der Waals surface area contributed by atoms with E-state index in [1.807, 2.05) is 25.4 Å². The third kappa shape index (κ3) is 2.79. The number of fused-ring (bicyclic) bond motifs is 1. The molecule has 2 aromatic heterocycles. The molecule has 4 aromatic rings. The van der Waals surface area contributed by atoms with Crippen molar-refractivity contribution < 1.29 is 18.7 Å². The Kier molecular flexibility index (Phi) is 4.24. The second-order valence-electron chi connectivity index (χ2n) is 6.18. The van der Waals surface area contributed by atoms with Crippen LogP contribution in [0, 0.1) is 0 Å². The number of ether oxygens (including phenoxy) is 3. The Morgan fingerprint density at radius 3 is 2.30 bits per heavy atom. The van der Waals surface area contributed by atoms with Crippen molar-refractivity contribution >= 4 is 10.9 Å². The van der Waals surface area contributed by atoms with Crippen molar-refractivity contribution in [2.24, 2.45) is 7.05 Å². The van der Waals surface area contributed by atoms with Crippen molar-refractivity contribution in [3.05, 3.63) is 48.8 Å². The molecule has 0 aliphatic carbocycles. The molecule has 2 heterocycles. The number of methoxy groups -OCH3 is 3. The van der Waals surface area contributed by atoms with Crippen molar-refractivity contribution in [3.8, 4) is 39.7 Å². The molecule has 0 atom stereocenters. The van der Waals surface area contributed by atoms with Gasteiger partial charge in [-0.1, -0.05) is 11.2 Å². The van der Waals surface area contributed by atoms with E-state index >= 15 is 0 Å². The van der Waals surface area contributed by atoms with Gasteiger partial charge in [0.2, 0.25) is 5.75 Å². The van der Waals surface area contributed by atoms with Crippen LogP contribution in [0.3, 0.4) is 0 Å². The van der Waals surface area contributed by atoms with Crippen molar-refractivity contribution in [3.63, 3.8) is 0 Å². The normalized spacial score (nSPS) is 11.0. The first-order valence-corrected chi connectivity index (χ1v) is 8.46. The molecule has 0 aliphatic rings. The summed E-state index contributed by atoms with van der Waals surface area (Å²) in [7, 11) is 6.79. The number of aromatic nitrogens is 2. The lowest BCUT2D eigenvalue weighted by molar-refractivity contribution is 0.324. The van der Waals surface area contributed by atoms with Crippen molar-refractivity contribution in [1.29, 1.82) is 0 Å². The van der Waals surface area contributed by atoms with E-state index in [1.165, 1.54) is 5.52 Å². The lowest BCUT2D eigenvalue weighted by Gasteiger charge is -2.13. The quantitative estimate of drug-likeness (QED) is 0.521. The molecule has 6 nitrogen and oxygen atoms in total. The van der Waals surface area contributed by atoms with E-state index in [0.29, 0.717) is 23.0 Å². The van der Waals surface area contributed by atoms with Gasteiger partial charge in [0.25, 0.3) is 0 Å². The molecule has 0 saturated carbocycles. The number of rotatable bonds is 5. The maximum absolute atomic E-state index is 5.59. The average Bonchev–Trinajstić information content (AvgIpc) is 3.33. The lowest BCUT2D eigenvalue weighted by atomic mass is 10.0. The molecule has 0 saturated heterocycles. The van der Waals surface area contributed by atoms with E-state index in [1.54, 1.807) is 27.5 Å². The average molecular weight is 364 g/mol. The predicted molar refractivity (Wildman–Crippen MR) is 104 cm³/mol. The number of nitrogens with zero attached hydrogens (tertiary/aromatic N) is 2. The van der Waals surface area contributed by atoms with E-state index in [4.69, 9.17) is 18.7 Å². The molecular weight excluding hydrogens is 344 g/mol. The van der Waals surface area contributed by atoms with Crippen molar-refractivity contribution in [2.75, 3.05) is 21.3 Å². The van der Waals surface area contributed by atoms with Crippen LogP contribution in [0.5, 0.6) is 17.2 Å². The largest absolute Gasteiger partial charge is 0.493 e. The zero-order valence-electron chi connectivity index (χ0n) is 15.6. The molecule has 0 spiro atoms. The highest BCUT2D eigenvalue weighted by Gasteiger charge is 2.19. The van der Waals surface area contributed by atoms with Crippen LogP contribution in [0.15, 0.2) is 53.3 Å². The molecule has 2 aromatic carbocycles. The lowest BCUT2D eigenvalue weighted by Crippen LogP contribution is -1.95. The van der Waals surface area contributed by atoms with E-state index in [0.717, 1.165) is 22.1 Å². The van der Waals surface area contributed by atoms with E-state index in [2.05, 4.69) is 34.0 Å². The van der Waals surface area contributed by atoms with Gasteiger partial charge in [0.1, 0.15) is 0 Å². The first-order valence-electron chi connectivity index (χ1n) is 8.46. The molecule has 138 valence electrons. The van der Waals surface area contributed by atoms with Gasteiger partial charge in [-0.3, -0.25) is 0 Å². The van der Waals surface area contributed by atoms with Gasteiger partial charge >= 0.3 is 0 Å². The highest BCUT2D eigenvalue weighted by molar-refractivity contribution is 5.89. The van der Waals surface area contributed by atoms with Crippen LogP contribution in [0.1, 0.15) is 0 Å². The minimum absolute atomic E-state index is 0.538. The monoisotopic (exact) mass is 364 g/mol. The van der Waals surface area contributed by atoms with Crippen LogP contribution in [-0.2, 0) is 7.05 Å². The molecule has 0 bridgehead atoms. The van der Waals surface area contributed by atoms with Crippen LogP contribution in [0.25, 0.3) is 33.4 Å². The fourth-order valence-electron chi connectivity index (χ4n) is 3.31. The topological polar surface area (TPSA) is 58.7 Å². The van der Waals surface area contributed by atoms with Gasteiger partial charge in [0, 0.05) is 35.3 Å². The maximum Gasteiger partial charge on any atom is 0.203 e. The first-order chi connectivity index (χ1) is 13.2. The van der Waals surface area contributed by atoms with Gasteiger partial charge in [-0.2, -0.15) is 0 Å². The third-order valence-electron chi connectivity index (χ3n) is 4.69. The Bertz CT molecular complexity index is 1090. The van der Waals surface area contributed by atoms with Crippen LogP contribution < -0.4 is 14.2 Å². The third-order valence-corrected chi connectivity index (χ3v) is 4.69. The summed E-state index contributed by atoms with van der Waals surface area (Å²) in [6.07, 6.45) is 3.77. The fourth-order valence-corrected chi connectivity index (χ4v) is 3.31. The highest BCUT2D eigenvalue weighted by Crippen LogP contribution is 2.43. The Labute approximate surface area is 156 Å². The summed E-state index contributed by atoms with van der Waals surface area (Å²) in [6.45, 7) is 0. The molecular formula is C21H20N2O4. The van der Waals surface area contributed by atoms with Gasteiger partial charge in [-0.15, -0.1) is 0 Å². The minimum atomic E-state index is 0.538. The van der Waals surface area contributed by atoms with Gasteiger partial charge in [-0.05, 0) is 35.9 Å². The zero-order chi connectivity index (χ0) is 19.0. The second-order valence-corrected chi connectivity index (χ2v) is 6.18. The SMILES string of the molecule is COc1cc(-c2oncc2-c2ccc3c(ccn3C)c2)cc(OC)c1OC. The minimum Gasteiger partial charge on any atom is -0.493 e. The number of aryl methyl sites for hydroxylation is 1. The van der Waals surface area contributed by atoms with Crippen LogP contribution in [0.4, 0.5) is 0 Å². The Balaban J connectivity index is 1.86. The van der Waals surface area contributed by atoms with Crippen LogP contribution in [0.2, 0.25) is 0 Å². The fraction of sp³-hybridized carbons (Fsp3) is 0.190. The first kappa shape index (κ1) is 17.0. The molecule has 0 aliphatic heterocycles. The molecule has 0 unspecified atom stereocenters. The maximum atomic E-state index is 5.59. The molecule has 4 rings (SSSR count). The summed E-state index contributed by atoms with van der Waals surface area (Å²) >= 11 is 0. The molecule has 6 heteroatoms. The second kappa shape index (κ2) is 6.72. The van der Waals surface area contributed by atoms with Crippen LogP contribution in [-0.4, -0.2) is 31.1 Å². The number of hydrogen-bond acceptors (Lipinski definition) is 5. The zero-order valence-corrected chi connectivity index (χ0v) is 15.6. The summed E-state index contributed by atoms with van der Waals surface area (Å²) < 4.78 is 24.0. The number of hydrogen-bond donors (Lipinski definition) is 0. The Morgan fingerprint density at radius 2 is 1.63 bits per heavy atom. The number of benzene rings is 2. The summed E-state index contributed by atoms with van der Waals surface area (Å²) in [4.78, 5) is 0. The Hall–Kier alpha value is -3.41. The molecule has 0 fully saturated rings.